The first kappa shape index (κ1) is 21.0. The average Bonchev–Trinajstić information content (AvgIpc) is 2.97. The second-order valence-corrected chi connectivity index (χ2v) is 7.11. The first-order valence-electron chi connectivity index (χ1n) is 8.79. The van der Waals surface area contributed by atoms with Crippen molar-refractivity contribution in [1.82, 2.24) is 9.78 Å². The number of hydrogen-bond donors (Lipinski definition) is 1. The molecule has 0 aliphatic heterocycles. The van der Waals surface area contributed by atoms with Crippen molar-refractivity contribution >= 4 is 23.2 Å². The highest BCUT2D eigenvalue weighted by atomic mass is 35.5. The van der Waals surface area contributed by atoms with E-state index in [0.717, 1.165) is 5.69 Å². The van der Waals surface area contributed by atoms with Crippen LogP contribution in [0.5, 0.6) is 28.9 Å². The topological polar surface area (TPSA) is 65.7 Å². The van der Waals surface area contributed by atoms with Crippen molar-refractivity contribution in [3.05, 3.63) is 70.4 Å². The van der Waals surface area contributed by atoms with Crippen LogP contribution in [0.2, 0.25) is 0 Å². The lowest BCUT2D eigenvalue weighted by Crippen LogP contribution is -1.97. The van der Waals surface area contributed by atoms with Crippen LogP contribution in [0.25, 0.3) is 0 Å². The van der Waals surface area contributed by atoms with Crippen LogP contribution in [0.3, 0.4) is 0 Å². The highest BCUT2D eigenvalue weighted by Crippen LogP contribution is 2.30. The average molecular weight is 435 g/mol. The number of ether oxygens (including phenoxy) is 3. The molecule has 29 heavy (non-hydrogen) atoms. The Labute approximate surface area is 178 Å². The SMILES string of the molecule is Cc1nn(C)c(Oc2ccc(Oc3ccc(OCC=C(Cl)Cl)cc3)cc2)c1CO. The van der Waals surface area contributed by atoms with E-state index in [2.05, 4.69) is 5.10 Å². The van der Waals surface area contributed by atoms with Gasteiger partial charge in [-0.1, -0.05) is 23.2 Å². The van der Waals surface area contributed by atoms with Crippen LogP contribution in [0.4, 0.5) is 0 Å². The highest BCUT2D eigenvalue weighted by molar-refractivity contribution is 6.55. The minimum absolute atomic E-state index is 0.134. The van der Waals surface area contributed by atoms with Gasteiger partial charge in [-0.3, -0.25) is 0 Å². The van der Waals surface area contributed by atoms with Gasteiger partial charge in [0.2, 0.25) is 5.88 Å². The van der Waals surface area contributed by atoms with E-state index in [9.17, 15) is 5.11 Å². The fourth-order valence-corrected chi connectivity index (χ4v) is 2.74. The molecule has 0 atom stereocenters. The first-order valence-corrected chi connectivity index (χ1v) is 9.55. The summed E-state index contributed by atoms with van der Waals surface area (Å²) >= 11 is 11.1. The zero-order valence-electron chi connectivity index (χ0n) is 15.9. The number of aliphatic hydroxyl groups is 1. The van der Waals surface area contributed by atoms with Gasteiger partial charge < -0.3 is 19.3 Å². The highest BCUT2D eigenvalue weighted by Gasteiger charge is 2.14. The molecule has 152 valence electrons. The van der Waals surface area contributed by atoms with Crippen LogP contribution in [-0.4, -0.2) is 21.5 Å². The van der Waals surface area contributed by atoms with Crippen molar-refractivity contribution < 1.29 is 19.3 Å². The fourth-order valence-electron chi connectivity index (χ4n) is 2.62. The lowest BCUT2D eigenvalue weighted by Gasteiger charge is -2.10. The maximum atomic E-state index is 9.51. The molecule has 1 N–H and O–H groups in total. The quantitative estimate of drug-likeness (QED) is 0.506. The number of benzene rings is 2. The van der Waals surface area contributed by atoms with Crippen molar-refractivity contribution in [3.63, 3.8) is 0 Å². The molecule has 0 aliphatic rings. The van der Waals surface area contributed by atoms with Gasteiger partial charge in [0.05, 0.1) is 17.9 Å². The summed E-state index contributed by atoms with van der Waals surface area (Å²) in [7, 11) is 1.77. The summed E-state index contributed by atoms with van der Waals surface area (Å²) in [6.07, 6.45) is 1.56. The van der Waals surface area contributed by atoms with Gasteiger partial charge >= 0.3 is 0 Å². The summed E-state index contributed by atoms with van der Waals surface area (Å²) in [5, 5.41) is 13.8. The molecule has 0 bridgehead atoms. The normalized spacial score (nSPS) is 10.5. The molecule has 2 aromatic carbocycles. The molecule has 3 rings (SSSR count). The predicted molar refractivity (Wildman–Crippen MR) is 112 cm³/mol. The molecular formula is C21H20Cl2N2O4. The first-order chi connectivity index (χ1) is 14.0. The number of nitrogens with zero attached hydrogens (tertiary/aromatic N) is 2. The Balaban J connectivity index is 1.61. The van der Waals surface area contributed by atoms with Gasteiger partial charge in [0.15, 0.2) is 0 Å². The van der Waals surface area contributed by atoms with E-state index in [4.69, 9.17) is 37.4 Å². The molecule has 0 fully saturated rings. The maximum absolute atomic E-state index is 9.51. The molecule has 0 aliphatic carbocycles. The van der Waals surface area contributed by atoms with E-state index in [-0.39, 0.29) is 17.7 Å². The van der Waals surface area contributed by atoms with Crippen LogP contribution >= 0.6 is 23.2 Å². The van der Waals surface area contributed by atoms with E-state index < -0.39 is 0 Å². The summed E-state index contributed by atoms with van der Waals surface area (Å²) in [6, 6.07) is 14.4. The van der Waals surface area contributed by atoms with Crippen LogP contribution in [0.1, 0.15) is 11.3 Å². The Bertz CT molecular complexity index is 979. The zero-order valence-corrected chi connectivity index (χ0v) is 17.4. The molecule has 0 amide bonds. The fraction of sp³-hybridized carbons (Fsp3) is 0.190. The van der Waals surface area contributed by atoms with Crippen molar-refractivity contribution in [2.75, 3.05) is 6.61 Å². The summed E-state index contributed by atoms with van der Waals surface area (Å²) in [5.74, 6) is 3.13. The Morgan fingerprint density at radius 3 is 2.00 bits per heavy atom. The molecule has 0 saturated carbocycles. The molecule has 8 heteroatoms. The summed E-state index contributed by atoms with van der Waals surface area (Å²) < 4.78 is 19.0. The van der Waals surface area contributed by atoms with Gasteiger partial charge in [0.1, 0.15) is 34.1 Å². The van der Waals surface area contributed by atoms with Gasteiger partial charge in [0, 0.05) is 7.05 Å². The van der Waals surface area contributed by atoms with Crippen molar-refractivity contribution in [2.24, 2.45) is 7.05 Å². The summed E-state index contributed by atoms with van der Waals surface area (Å²) in [6.45, 7) is 1.98. The number of aromatic nitrogens is 2. The third kappa shape index (κ3) is 5.67. The van der Waals surface area contributed by atoms with Gasteiger partial charge in [0.25, 0.3) is 0 Å². The number of halogens is 2. The van der Waals surface area contributed by atoms with Gasteiger partial charge in [-0.25, -0.2) is 4.68 Å². The molecule has 1 aromatic heterocycles. The number of aryl methyl sites for hydroxylation is 2. The van der Waals surface area contributed by atoms with E-state index in [1.54, 1.807) is 66.3 Å². The van der Waals surface area contributed by atoms with Crippen molar-refractivity contribution in [1.29, 1.82) is 0 Å². The largest absolute Gasteiger partial charge is 0.489 e. The van der Waals surface area contributed by atoms with Crippen LogP contribution < -0.4 is 14.2 Å². The van der Waals surface area contributed by atoms with Crippen LogP contribution in [-0.2, 0) is 13.7 Å². The van der Waals surface area contributed by atoms with E-state index in [1.807, 2.05) is 6.92 Å². The zero-order chi connectivity index (χ0) is 20.8. The summed E-state index contributed by atoms with van der Waals surface area (Å²) in [5.41, 5.74) is 1.40. The Morgan fingerprint density at radius 1 is 0.966 bits per heavy atom. The number of aliphatic hydroxyl groups excluding tert-OH is 1. The third-order valence-corrected chi connectivity index (χ3v) is 4.34. The second-order valence-electron chi connectivity index (χ2n) is 6.10. The molecule has 1 heterocycles. The monoisotopic (exact) mass is 434 g/mol. The van der Waals surface area contributed by atoms with E-state index in [1.165, 1.54) is 0 Å². The minimum atomic E-state index is -0.134. The minimum Gasteiger partial charge on any atom is -0.489 e. The van der Waals surface area contributed by atoms with Gasteiger partial charge in [-0.15, -0.1) is 0 Å². The maximum Gasteiger partial charge on any atom is 0.223 e. The standard InChI is InChI=1S/C21H20Cl2N2O4/c1-14-19(13-26)21(25(2)24-14)29-18-9-7-17(8-10-18)28-16-5-3-15(4-6-16)27-12-11-20(22)23/h3-11,26H,12-13H2,1-2H3. The Morgan fingerprint density at radius 2 is 1.48 bits per heavy atom. The molecule has 0 saturated heterocycles. The Hall–Kier alpha value is -2.67. The van der Waals surface area contributed by atoms with Crippen molar-refractivity contribution in [2.45, 2.75) is 13.5 Å². The van der Waals surface area contributed by atoms with Crippen molar-refractivity contribution in [3.8, 4) is 28.9 Å². The van der Waals surface area contributed by atoms with Gasteiger partial charge in [-0.05, 0) is 61.5 Å². The second kappa shape index (κ2) is 9.69. The van der Waals surface area contributed by atoms with E-state index >= 15 is 0 Å². The molecule has 6 nitrogen and oxygen atoms in total. The van der Waals surface area contributed by atoms with Gasteiger partial charge in [-0.2, -0.15) is 5.10 Å². The van der Waals surface area contributed by atoms with Crippen LogP contribution in [0.15, 0.2) is 59.1 Å². The summed E-state index contributed by atoms with van der Waals surface area (Å²) in [4.78, 5) is 0. The molecular weight excluding hydrogens is 415 g/mol. The molecule has 3 aromatic rings. The molecule has 0 radical (unpaired) electrons. The number of rotatable bonds is 8. The third-order valence-electron chi connectivity index (χ3n) is 4.03. The number of hydrogen-bond acceptors (Lipinski definition) is 5. The predicted octanol–water partition coefficient (Wildman–Crippen LogP) is 5.50. The van der Waals surface area contributed by atoms with E-state index in [0.29, 0.717) is 34.4 Å². The lowest BCUT2D eigenvalue weighted by molar-refractivity contribution is 0.274. The van der Waals surface area contributed by atoms with Crippen LogP contribution in [0, 0.1) is 6.92 Å². The smallest absolute Gasteiger partial charge is 0.223 e. The molecule has 0 spiro atoms. The molecule has 0 unspecified atom stereocenters. The Kier molecular flexibility index (Phi) is 7.04. The lowest BCUT2D eigenvalue weighted by atomic mass is 10.2.